The summed E-state index contributed by atoms with van der Waals surface area (Å²) in [6.45, 7) is 3.42. The van der Waals surface area contributed by atoms with E-state index in [1.54, 1.807) is 32.0 Å². The molecular formula is C13H20N2O4S. The molecule has 0 radical (unpaired) electrons. The number of aliphatic carboxylic acids is 1. The van der Waals surface area contributed by atoms with Crippen molar-refractivity contribution in [1.82, 2.24) is 4.31 Å². The highest BCUT2D eigenvalue weighted by molar-refractivity contribution is 7.89. The lowest BCUT2D eigenvalue weighted by Gasteiger charge is -2.27. The molecular weight excluding hydrogens is 280 g/mol. The molecule has 1 rings (SSSR count). The lowest BCUT2D eigenvalue weighted by molar-refractivity contribution is -0.137. The third-order valence-corrected chi connectivity index (χ3v) is 4.59. The van der Waals surface area contributed by atoms with Crippen LogP contribution in [0.15, 0.2) is 29.2 Å². The number of sulfonamides is 1. The summed E-state index contributed by atoms with van der Waals surface area (Å²) < 4.78 is 25.6. The van der Waals surface area contributed by atoms with Crippen molar-refractivity contribution in [3.8, 4) is 0 Å². The summed E-state index contributed by atoms with van der Waals surface area (Å²) in [6, 6.07) is 6.45. The minimum atomic E-state index is -3.58. The van der Waals surface area contributed by atoms with Crippen LogP contribution < -0.4 is 5.32 Å². The lowest BCUT2D eigenvalue weighted by Crippen LogP contribution is -2.34. The Morgan fingerprint density at radius 3 is 2.35 bits per heavy atom. The average molecular weight is 300 g/mol. The zero-order valence-electron chi connectivity index (χ0n) is 12.0. The van der Waals surface area contributed by atoms with E-state index in [0.29, 0.717) is 5.69 Å². The minimum Gasteiger partial charge on any atom is -0.481 e. The summed E-state index contributed by atoms with van der Waals surface area (Å²) in [5.41, 5.74) is -0.364. The first kappa shape index (κ1) is 16.5. The molecule has 0 saturated carbocycles. The van der Waals surface area contributed by atoms with Crippen LogP contribution in [0.4, 0.5) is 5.69 Å². The molecule has 0 aliphatic carbocycles. The Morgan fingerprint density at radius 2 is 1.85 bits per heavy atom. The predicted octanol–water partition coefficient (Wildman–Crippen LogP) is 1.60. The molecule has 0 bridgehead atoms. The first-order chi connectivity index (χ1) is 9.06. The van der Waals surface area contributed by atoms with Crippen LogP contribution in [-0.4, -0.2) is 43.4 Å². The summed E-state index contributed by atoms with van der Waals surface area (Å²) >= 11 is 0. The Bertz CT molecular complexity index is 594. The minimum absolute atomic E-state index is 0.122. The molecule has 0 aromatic heterocycles. The maximum absolute atomic E-state index is 12.2. The standard InChI is InChI=1S/C13H20N2O4S/c1-13(2,9-12(16)17)14-10-7-5-6-8-11(10)20(18,19)15(3)4/h5-8,14H,9H2,1-4H3,(H,16,17). The molecule has 0 unspecified atom stereocenters. The van der Waals surface area contributed by atoms with Crippen molar-refractivity contribution in [2.75, 3.05) is 19.4 Å². The van der Waals surface area contributed by atoms with Gasteiger partial charge in [-0.25, -0.2) is 12.7 Å². The highest BCUT2D eigenvalue weighted by Crippen LogP contribution is 2.27. The Hall–Kier alpha value is -1.60. The number of carbonyl (C=O) groups is 1. The van der Waals surface area contributed by atoms with Gasteiger partial charge >= 0.3 is 5.97 Å². The molecule has 0 spiro atoms. The molecule has 0 fully saturated rings. The average Bonchev–Trinajstić information content (AvgIpc) is 2.26. The predicted molar refractivity (Wildman–Crippen MR) is 77.3 cm³/mol. The topological polar surface area (TPSA) is 86.7 Å². The molecule has 0 atom stereocenters. The number of carboxylic acids is 1. The van der Waals surface area contributed by atoms with E-state index in [4.69, 9.17) is 5.11 Å². The third-order valence-electron chi connectivity index (χ3n) is 2.71. The fourth-order valence-corrected chi connectivity index (χ4v) is 2.82. The summed E-state index contributed by atoms with van der Waals surface area (Å²) in [5.74, 6) is -0.949. The fourth-order valence-electron chi connectivity index (χ4n) is 1.78. The van der Waals surface area contributed by atoms with Gasteiger partial charge in [-0.15, -0.1) is 0 Å². The van der Waals surface area contributed by atoms with Crippen molar-refractivity contribution >= 4 is 21.7 Å². The summed E-state index contributed by atoms with van der Waals surface area (Å²) in [5, 5.41) is 11.9. The van der Waals surface area contributed by atoms with Crippen molar-refractivity contribution in [3.05, 3.63) is 24.3 Å². The monoisotopic (exact) mass is 300 g/mol. The molecule has 0 heterocycles. The van der Waals surface area contributed by atoms with Crippen molar-refractivity contribution < 1.29 is 18.3 Å². The number of hydrogen-bond donors (Lipinski definition) is 2. The van der Waals surface area contributed by atoms with Gasteiger partial charge in [0.05, 0.1) is 12.1 Å². The smallest absolute Gasteiger partial charge is 0.305 e. The van der Waals surface area contributed by atoms with Crippen LogP contribution in [0, 0.1) is 0 Å². The van der Waals surface area contributed by atoms with Gasteiger partial charge in [-0.2, -0.15) is 0 Å². The number of nitrogens with zero attached hydrogens (tertiary/aromatic N) is 1. The highest BCUT2D eigenvalue weighted by Gasteiger charge is 2.26. The van der Waals surface area contributed by atoms with E-state index in [2.05, 4.69) is 5.32 Å². The number of nitrogens with one attached hydrogen (secondary N) is 1. The second-order valence-corrected chi connectivity index (χ2v) is 7.48. The van der Waals surface area contributed by atoms with Crippen LogP contribution in [0.1, 0.15) is 20.3 Å². The Kier molecular flexibility index (Phi) is 4.77. The number of anilines is 1. The molecule has 1 aromatic rings. The Balaban J connectivity index is 3.19. The number of hydrogen-bond acceptors (Lipinski definition) is 4. The van der Waals surface area contributed by atoms with E-state index in [-0.39, 0.29) is 11.3 Å². The molecule has 112 valence electrons. The Morgan fingerprint density at radius 1 is 1.30 bits per heavy atom. The van der Waals surface area contributed by atoms with Gasteiger partial charge in [0.15, 0.2) is 0 Å². The van der Waals surface area contributed by atoms with E-state index in [1.807, 2.05) is 0 Å². The highest BCUT2D eigenvalue weighted by atomic mass is 32.2. The zero-order chi connectivity index (χ0) is 15.6. The number of para-hydroxylation sites is 1. The molecule has 0 saturated heterocycles. The molecule has 0 aliphatic rings. The zero-order valence-corrected chi connectivity index (χ0v) is 12.9. The third kappa shape index (κ3) is 3.94. The first-order valence-corrected chi connectivity index (χ1v) is 7.52. The van der Waals surface area contributed by atoms with Gasteiger partial charge in [0, 0.05) is 19.6 Å². The van der Waals surface area contributed by atoms with Crippen LogP contribution in [0.25, 0.3) is 0 Å². The molecule has 7 heteroatoms. The van der Waals surface area contributed by atoms with Crippen LogP contribution >= 0.6 is 0 Å². The van der Waals surface area contributed by atoms with Gasteiger partial charge in [-0.05, 0) is 26.0 Å². The van der Waals surface area contributed by atoms with Crippen LogP contribution in [0.5, 0.6) is 0 Å². The molecule has 1 aromatic carbocycles. The Labute approximate surface area is 119 Å². The van der Waals surface area contributed by atoms with Crippen molar-refractivity contribution in [2.45, 2.75) is 30.7 Å². The normalized spacial score (nSPS) is 12.4. The van der Waals surface area contributed by atoms with Crippen molar-refractivity contribution in [2.24, 2.45) is 0 Å². The van der Waals surface area contributed by atoms with Crippen molar-refractivity contribution in [1.29, 1.82) is 0 Å². The first-order valence-electron chi connectivity index (χ1n) is 6.08. The van der Waals surface area contributed by atoms with Crippen LogP contribution in [-0.2, 0) is 14.8 Å². The van der Waals surface area contributed by atoms with Gasteiger partial charge in [-0.3, -0.25) is 4.79 Å². The largest absolute Gasteiger partial charge is 0.481 e. The van der Waals surface area contributed by atoms with Crippen molar-refractivity contribution in [3.63, 3.8) is 0 Å². The van der Waals surface area contributed by atoms with Gasteiger partial charge in [0.1, 0.15) is 4.90 Å². The number of benzene rings is 1. The number of rotatable bonds is 6. The van der Waals surface area contributed by atoms with E-state index >= 15 is 0 Å². The van der Waals surface area contributed by atoms with Gasteiger partial charge in [-0.1, -0.05) is 12.1 Å². The second kappa shape index (κ2) is 5.80. The van der Waals surface area contributed by atoms with E-state index in [0.717, 1.165) is 4.31 Å². The summed E-state index contributed by atoms with van der Waals surface area (Å²) in [4.78, 5) is 11.0. The molecule has 0 aliphatic heterocycles. The van der Waals surface area contributed by atoms with Crippen LogP contribution in [0.3, 0.4) is 0 Å². The molecule has 0 amide bonds. The summed E-state index contributed by atoms with van der Waals surface area (Å²) in [7, 11) is -0.679. The molecule has 6 nitrogen and oxygen atoms in total. The fraction of sp³-hybridized carbons (Fsp3) is 0.462. The van der Waals surface area contributed by atoms with Gasteiger partial charge in [0.25, 0.3) is 0 Å². The molecule has 2 N–H and O–H groups in total. The van der Waals surface area contributed by atoms with E-state index in [1.165, 1.54) is 20.2 Å². The van der Waals surface area contributed by atoms with E-state index < -0.39 is 21.5 Å². The SMILES string of the molecule is CN(C)S(=O)(=O)c1ccccc1NC(C)(C)CC(=O)O. The summed E-state index contributed by atoms with van der Waals surface area (Å²) in [6.07, 6.45) is -0.122. The number of carboxylic acid groups (broad SMARTS) is 1. The quantitative estimate of drug-likeness (QED) is 0.833. The van der Waals surface area contributed by atoms with E-state index in [9.17, 15) is 13.2 Å². The van der Waals surface area contributed by atoms with Gasteiger partial charge in [0.2, 0.25) is 10.0 Å². The maximum atomic E-state index is 12.2. The van der Waals surface area contributed by atoms with Crippen LogP contribution in [0.2, 0.25) is 0 Å². The molecule has 20 heavy (non-hydrogen) atoms. The lowest BCUT2D eigenvalue weighted by atomic mass is 10.0. The second-order valence-electron chi connectivity index (χ2n) is 5.36. The van der Waals surface area contributed by atoms with Gasteiger partial charge < -0.3 is 10.4 Å². The maximum Gasteiger partial charge on any atom is 0.305 e.